The highest BCUT2D eigenvalue weighted by Crippen LogP contribution is 2.24. The number of aliphatic hydroxyl groups excluding tert-OH is 1. The highest BCUT2D eigenvalue weighted by molar-refractivity contribution is 5.25. The molecule has 0 radical (unpaired) electrons. The van der Waals surface area contributed by atoms with Crippen molar-refractivity contribution in [1.29, 1.82) is 0 Å². The van der Waals surface area contributed by atoms with Crippen LogP contribution in [-0.2, 0) is 0 Å². The van der Waals surface area contributed by atoms with E-state index in [1.807, 2.05) is 6.92 Å². The summed E-state index contributed by atoms with van der Waals surface area (Å²) in [7, 11) is 0. The molecular weight excluding hydrogens is 236 g/mol. The third-order valence-corrected chi connectivity index (χ3v) is 3.50. The van der Waals surface area contributed by atoms with E-state index in [9.17, 15) is 5.11 Å². The molecule has 0 aliphatic rings. The number of hydrogen-bond donors (Lipinski definition) is 2. The highest BCUT2D eigenvalue weighted by atomic mass is 16.3. The van der Waals surface area contributed by atoms with Gasteiger partial charge in [0.25, 0.3) is 0 Å². The van der Waals surface area contributed by atoms with Crippen LogP contribution < -0.4 is 5.73 Å². The third kappa shape index (κ3) is 4.94. The molecule has 2 atom stereocenters. The summed E-state index contributed by atoms with van der Waals surface area (Å²) in [5.74, 6) is 0. The standard InChI is InChI=1S/C16H28N2O/c1-4-5-10-18(11-12-19)16(14(3)17)15-8-6-13(2)7-9-15/h6-9,14,16,19H,4-5,10-12,17H2,1-3H3. The summed E-state index contributed by atoms with van der Waals surface area (Å²) in [6.45, 7) is 8.16. The van der Waals surface area contributed by atoms with Gasteiger partial charge in [0, 0.05) is 18.6 Å². The summed E-state index contributed by atoms with van der Waals surface area (Å²) < 4.78 is 0. The van der Waals surface area contributed by atoms with Gasteiger partial charge in [-0.2, -0.15) is 0 Å². The van der Waals surface area contributed by atoms with E-state index in [1.54, 1.807) is 0 Å². The molecule has 0 amide bonds. The summed E-state index contributed by atoms with van der Waals surface area (Å²) >= 11 is 0. The molecule has 0 aliphatic carbocycles. The number of nitrogens with zero attached hydrogens (tertiary/aromatic N) is 1. The maximum absolute atomic E-state index is 9.28. The topological polar surface area (TPSA) is 49.5 Å². The first-order valence-electron chi connectivity index (χ1n) is 7.27. The van der Waals surface area contributed by atoms with Gasteiger partial charge in [-0.15, -0.1) is 0 Å². The molecule has 0 saturated carbocycles. The molecule has 0 aliphatic heterocycles. The van der Waals surface area contributed by atoms with Crippen LogP contribution in [0.15, 0.2) is 24.3 Å². The number of nitrogens with two attached hydrogens (primary N) is 1. The van der Waals surface area contributed by atoms with E-state index >= 15 is 0 Å². The van der Waals surface area contributed by atoms with Crippen molar-refractivity contribution >= 4 is 0 Å². The average Bonchev–Trinajstić information content (AvgIpc) is 2.38. The van der Waals surface area contributed by atoms with Crippen molar-refractivity contribution in [3.63, 3.8) is 0 Å². The lowest BCUT2D eigenvalue weighted by atomic mass is 9.97. The van der Waals surface area contributed by atoms with Crippen molar-refractivity contribution < 1.29 is 5.11 Å². The number of benzene rings is 1. The van der Waals surface area contributed by atoms with Gasteiger partial charge in [-0.25, -0.2) is 0 Å². The van der Waals surface area contributed by atoms with E-state index in [-0.39, 0.29) is 18.7 Å². The molecule has 2 unspecified atom stereocenters. The predicted molar refractivity (Wildman–Crippen MR) is 81.1 cm³/mol. The van der Waals surface area contributed by atoms with Crippen molar-refractivity contribution in [3.8, 4) is 0 Å². The lowest BCUT2D eigenvalue weighted by Crippen LogP contribution is -2.41. The van der Waals surface area contributed by atoms with E-state index in [0.717, 1.165) is 19.4 Å². The Morgan fingerprint density at radius 2 is 1.84 bits per heavy atom. The van der Waals surface area contributed by atoms with Crippen molar-refractivity contribution in [2.45, 2.75) is 45.7 Å². The van der Waals surface area contributed by atoms with Crippen LogP contribution in [0.3, 0.4) is 0 Å². The monoisotopic (exact) mass is 264 g/mol. The van der Waals surface area contributed by atoms with Crippen LogP contribution in [0.25, 0.3) is 0 Å². The van der Waals surface area contributed by atoms with Gasteiger partial charge in [0.1, 0.15) is 0 Å². The van der Waals surface area contributed by atoms with E-state index in [1.165, 1.54) is 11.1 Å². The molecule has 0 bridgehead atoms. The molecule has 108 valence electrons. The molecule has 1 aromatic rings. The zero-order chi connectivity index (χ0) is 14.3. The summed E-state index contributed by atoms with van der Waals surface area (Å²) in [4.78, 5) is 2.30. The highest BCUT2D eigenvalue weighted by Gasteiger charge is 2.23. The first kappa shape index (κ1) is 16.2. The quantitative estimate of drug-likeness (QED) is 0.758. The maximum Gasteiger partial charge on any atom is 0.0558 e. The summed E-state index contributed by atoms with van der Waals surface area (Å²) in [5.41, 5.74) is 8.69. The summed E-state index contributed by atoms with van der Waals surface area (Å²) in [6.07, 6.45) is 2.29. The van der Waals surface area contributed by atoms with Gasteiger partial charge in [0.15, 0.2) is 0 Å². The van der Waals surface area contributed by atoms with Crippen molar-refractivity contribution in [1.82, 2.24) is 4.90 Å². The Morgan fingerprint density at radius 1 is 1.21 bits per heavy atom. The van der Waals surface area contributed by atoms with Crippen LogP contribution in [0.1, 0.15) is 43.9 Å². The molecule has 3 N–H and O–H groups in total. The molecule has 1 rings (SSSR count). The molecule has 3 nitrogen and oxygen atoms in total. The van der Waals surface area contributed by atoms with Crippen molar-refractivity contribution in [3.05, 3.63) is 35.4 Å². The number of unbranched alkanes of at least 4 members (excludes halogenated alkanes) is 1. The first-order chi connectivity index (χ1) is 9.10. The minimum absolute atomic E-state index is 0.0473. The average molecular weight is 264 g/mol. The van der Waals surface area contributed by atoms with Crippen LogP contribution >= 0.6 is 0 Å². The van der Waals surface area contributed by atoms with Gasteiger partial charge < -0.3 is 10.8 Å². The summed E-state index contributed by atoms with van der Waals surface area (Å²) in [5, 5.41) is 9.28. The third-order valence-electron chi connectivity index (χ3n) is 3.50. The van der Waals surface area contributed by atoms with Crippen LogP contribution in [0, 0.1) is 6.92 Å². The summed E-state index contributed by atoms with van der Waals surface area (Å²) in [6, 6.07) is 8.79. The minimum atomic E-state index is 0.0473. The van der Waals surface area contributed by atoms with Gasteiger partial charge >= 0.3 is 0 Å². The minimum Gasteiger partial charge on any atom is -0.395 e. The van der Waals surface area contributed by atoms with E-state index in [0.29, 0.717) is 6.54 Å². The fraction of sp³-hybridized carbons (Fsp3) is 0.625. The lowest BCUT2D eigenvalue weighted by Gasteiger charge is -2.34. The second-order valence-corrected chi connectivity index (χ2v) is 5.33. The van der Waals surface area contributed by atoms with Crippen LogP contribution in [0.5, 0.6) is 0 Å². The van der Waals surface area contributed by atoms with E-state index in [2.05, 4.69) is 43.0 Å². The number of aliphatic hydroxyl groups is 1. The Labute approximate surface area is 117 Å². The molecule has 0 heterocycles. The molecule has 0 spiro atoms. The Morgan fingerprint density at radius 3 is 2.32 bits per heavy atom. The Kier molecular flexibility index (Phi) is 7.06. The molecule has 3 heteroatoms. The zero-order valence-corrected chi connectivity index (χ0v) is 12.5. The lowest BCUT2D eigenvalue weighted by molar-refractivity contribution is 0.135. The van der Waals surface area contributed by atoms with Crippen molar-refractivity contribution in [2.24, 2.45) is 5.73 Å². The molecule has 0 saturated heterocycles. The molecule has 0 fully saturated rings. The number of aryl methyl sites for hydroxylation is 1. The molecular formula is C16H28N2O. The second-order valence-electron chi connectivity index (χ2n) is 5.33. The normalized spacial score (nSPS) is 14.6. The van der Waals surface area contributed by atoms with Gasteiger partial charge in [0.05, 0.1) is 6.61 Å². The van der Waals surface area contributed by atoms with Crippen LogP contribution in [0.4, 0.5) is 0 Å². The van der Waals surface area contributed by atoms with Gasteiger partial charge in [0.2, 0.25) is 0 Å². The molecule has 19 heavy (non-hydrogen) atoms. The second kappa shape index (κ2) is 8.31. The van der Waals surface area contributed by atoms with Gasteiger partial charge in [-0.05, 0) is 32.4 Å². The Hall–Kier alpha value is -0.900. The van der Waals surface area contributed by atoms with Crippen LogP contribution in [-0.4, -0.2) is 35.7 Å². The molecule has 0 aromatic heterocycles. The Balaban J connectivity index is 2.92. The Bertz CT molecular complexity index is 348. The number of hydrogen-bond acceptors (Lipinski definition) is 3. The fourth-order valence-electron chi connectivity index (χ4n) is 2.49. The van der Waals surface area contributed by atoms with E-state index in [4.69, 9.17) is 5.73 Å². The van der Waals surface area contributed by atoms with Crippen LogP contribution in [0.2, 0.25) is 0 Å². The molecule has 1 aromatic carbocycles. The predicted octanol–water partition coefficient (Wildman–Crippen LogP) is 2.48. The first-order valence-corrected chi connectivity index (χ1v) is 7.27. The zero-order valence-electron chi connectivity index (χ0n) is 12.5. The number of rotatable bonds is 8. The van der Waals surface area contributed by atoms with Gasteiger partial charge in [-0.3, -0.25) is 4.90 Å². The largest absolute Gasteiger partial charge is 0.395 e. The van der Waals surface area contributed by atoms with E-state index < -0.39 is 0 Å². The van der Waals surface area contributed by atoms with Gasteiger partial charge in [-0.1, -0.05) is 43.2 Å². The smallest absolute Gasteiger partial charge is 0.0558 e. The SMILES string of the molecule is CCCCN(CCO)C(c1ccc(C)cc1)C(C)N. The maximum atomic E-state index is 9.28. The van der Waals surface area contributed by atoms with Crippen molar-refractivity contribution in [2.75, 3.05) is 19.7 Å². The fourth-order valence-corrected chi connectivity index (χ4v) is 2.49.